The predicted molar refractivity (Wildman–Crippen MR) is 129 cm³/mol. The molecule has 0 saturated carbocycles. The smallest absolute Gasteiger partial charge is 0.244 e. The fourth-order valence-electron chi connectivity index (χ4n) is 3.97. The van der Waals surface area contributed by atoms with E-state index >= 15 is 0 Å². The Labute approximate surface area is 188 Å². The second-order valence-electron chi connectivity index (χ2n) is 8.38. The van der Waals surface area contributed by atoms with Gasteiger partial charge in [-0.1, -0.05) is 36.0 Å². The number of fused-ring (bicyclic) bond motifs is 1. The number of nitrogens with one attached hydrogen (secondary N) is 1. The molecule has 2 aliphatic rings. The predicted octanol–water partition coefficient (Wildman–Crippen LogP) is 3.63. The average molecular weight is 458 g/mol. The van der Waals surface area contributed by atoms with E-state index in [0.717, 1.165) is 28.1 Å². The minimum atomic E-state index is -3.03. The summed E-state index contributed by atoms with van der Waals surface area (Å²) in [7, 11) is -3.03. The van der Waals surface area contributed by atoms with E-state index < -0.39 is 9.84 Å². The average Bonchev–Trinajstić information content (AvgIpc) is 3.18. The molecule has 2 aromatic carbocycles. The Hall–Kier alpha value is -2.32. The SMILES string of the molecule is Cc1ccc(N(CC(=O)Nc2c(C)cccc2C)C2=NC3CS(=O)(=O)CC3S2)cc1C. The number of aryl methyl sites for hydroxylation is 4. The Morgan fingerprint density at radius 2 is 1.77 bits per heavy atom. The van der Waals surface area contributed by atoms with Gasteiger partial charge in [-0.25, -0.2) is 8.42 Å². The molecule has 2 aromatic rings. The Kier molecular flexibility index (Phi) is 5.87. The maximum atomic E-state index is 13.0. The zero-order valence-corrected chi connectivity index (χ0v) is 19.8. The van der Waals surface area contributed by atoms with Gasteiger partial charge in [-0.05, 0) is 62.1 Å². The van der Waals surface area contributed by atoms with E-state index in [0.29, 0.717) is 5.17 Å². The summed E-state index contributed by atoms with van der Waals surface area (Å²) in [5, 5.41) is 3.69. The molecule has 8 heteroatoms. The van der Waals surface area contributed by atoms with E-state index in [1.807, 2.05) is 62.9 Å². The molecule has 0 aromatic heterocycles. The number of carbonyl (C=O) groups is 1. The van der Waals surface area contributed by atoms with E-state index in [-0.39, 0.29) is 35.2 Å². The molecule has 1 fully saturated rings. The Morgan fingerprint density at radius 3 is 2.42 bits per heavy atom. The second-order valence-corrected chi connectivity index (χ2v) is 11.7. The van der Waals surface area contributed by atoms with Crippen molar-refractivity contribution in [2.75, 3.05) is 28.3 Å². The van der Waals surface area contributed by atoms with E-state index in [4.69, 9.17) is 4.99 Å². The highest BCUT2D eigenvalue weighted by molar-refractivity contribution is 8.15. The van der Waals surface area contributed by atoms with E-state index in [9.17, 15) is 13.2 Å². The molecule has 0 radical (unpaired) electrons. The Balaban J connectivity index is 1.62. The molecule has 0 spiro atoms. The number of thioether (sulfide) groups is 1. The maximum Gasteiger partial charge on any atom is 0.244 e. The van der Waals surface area contributed by atoms with Gasteiger partial charge in [-0.2, -0.15) is 0 Å². The van der Waals surface area contributed by atoms with Gasteiger partial charge in [0, 0.05) is 16.6 Å². The number of carbonyl (C=O) groups excluding carboxylic acids is 1. The zero-order valence-electron chi connectivity index (χ0n) is 18.2. The summed E-state index contributed by atoms with van der Waals surface area (Å²) in [6, 6.07) is 11.8. The van der Waals surface area contributed by atoms with Crippen molar-refractivity contribution in [2.24, 2.45) is 4.99 Å². The number of anilines is 2. The summed E-state index contributed by atoms with van der Waals surface area (Å²) in [4.78, 5) is 19.7. The normalized spacial score (nSPS) is 21.5. The molecule has 2 atom stereocenters. The number of hydrogen-bond donors (Lipinski definition) is 1. The number of hydrogen-bond acceptors (Lipinski definition) is 6. The molecule has 6 nitrogen and oxygen atoms in total. The van der Waals surface area contributed by atoms with Gasteiger partial charge >= 0.3 is 0 Å². The van der Waals surface area contributed by atoms with Crippen LogP contribution in [0.1, 0.15) is 22.3 Å². The van der Waals surface area contributed by atoms with Crippen LogP contribution < -0.4 is 10.2 Å². The van der Waals surface area contributed by atoms with Crippen LogP contribution in [0.25, 0.3) is 0 Å². The zero-order chi connectivity index (χ0) is 22.3. The van der Waals surface area contributed by atoms with Crippen LogP contribution in [0.4, 0.5) is 11.4 Å². The van der Waals surface area contributed by atoms with E-state index in [1.54, 1.807) is 0 Å². The van der Waals surface area contributed by atoms with Gasteiger partial charge in [0.25, 0.3) is 0 Å². The van der Waals surface area contributed by atoms with Gasteiger partial charge in [0.15, 0.2) is 15.0 Å². The van der Waals surface area contributed by atoms with Crippen molar-refractivity contribution in [3.63, 3.8) is 0 Å². The van der Waals surface area contributed by atoms with Gasteiger partial charge in [0.05, 0.1) is 17.5 Å². The molecule has 0 aliphatic carbocycles. The molecule has 1 saturated heterocycles. The number of amides is 1. The number of aliphatic imine (C=N–C) groups is 1. The monoisotopic (exact) mass is 457 g/mol. The Bertz CT molecular complexity index is 1150. The van der Waals surface area contributed by atoms with Crippen molar-refractivity contribution >= 4 is 44.0 Å². The molecule has 2 unspecified atom stereocenters. The van der Waals surface area contributed by atoms with Crippen LogP contribution >= 0.6 is 11.8 Å². The topological polar surface area (TPSA) is 78.8 Å². The summed E-state index contributed by atoms with van der Waals surface area (Å²) < 4.78 is 23.9. The van der Waals surface area contributed by atoms with Crippen LogP contribution in [0, 0.1) is 27.7 Å². The lowest BCUT2D eigenvalue weighted by Gasteiger charge is -2.25. The summed E-state index contributed by atoms with van der Waals surface area (Å²) in [6.07, 6.45) is 0. The molecule has 1 amide bonds. The lowest BCUT2D eigenvalue weighted by Crippen LogP contribution is -2.37. The minimum Gasteiger partial charge on any atom is -0.324 e. The van der Waals surface area contributed by atoms with Crippen LogP contribution in [0.15, 0.2) is 41.4 Å². The van der Waals surface area contributed by atoms with Gasteiger partial charge in [0.1, 0.15) is 6.54 Å². The van der Waals surface area contributed by atoms with Crippen LogP contribution in [0.3, 0.4) is 0 Å². The number of benzene rings is 2. The highest BCUT2D eigenvalue weighted by Crippen LogP contribution is 2.37. The van der Waals surface area contributed by atoms with Crippen LogP contribution in [-0.2, 0) is 14.6 Å². The quantitative estimate of drug-likeness (QED) is 0.758. The molecule has 164 valence electrons. The number of nitrogens with zero attached hydrogens (tertiary/aromatic N) is 2. The second kappa shape index (κ2) is 8.31. The molecule has 0 bridgehead atoms. The van der Waals surface area contributed by atoms with Gasteiger partial charge in [-0.3, -0.25) is 9.79 Å². The maximum absolute atomic E-state index is 13.0. The van der Waals surface area contributed by atoms with Crippen molar-refractivity contribution in [1.29, 1.82) is 0 Å². The van der Waals surface area contributed by atoms with Crippen molar-refractivity contribution in [3.8, 4) is 0 Å². The van der Waals surface area contributed by atoms with E-state index in [1.165, 1.54) is 17.3 Å². The fraction of sp³-hybridized carbons (Fsp3) is 0.391. The van der Waals surface area contributed by atoms with Crippen LogP contribution in [0.2, 0.25) is 0 Å². The third kappa shape index (κ3) is 4.65. The van der Waals surface area contributed by atoms with Crippen LogP contribution in [-0.4, -0.2) is 48.8 Å². The number of sulfone groups is 1. The molecular weight excluding hydrogens is 430 g/mol. The van der Waals surface area contributed by atoms with Gasteiger partial charge < -0.3 is 10.2 Å². The third-order valence-electron chi connectivity index (χ3n) is 5.89. The van der Waals surface area contributed by atoms with E-state index in [2.05, 4.69) is 11.4 Å². The largest absolute Gasteiger partial charge is 0.324 e. The minimum absolute atomic E-state index is 0.0734. The standard InChI is InChI=1S/C23H27N3O3S2/c1-14-8-9-18(10-17(14)4)26(23-24-19-12-31(28,29)13-20(19)30-23)11-21(27)25-22-15(2)6-5-7-16(22)3/h5-10,19-20H,11-13H2,1-4H3,(H,25,27). The first kappa shape index (κ1) is 21.9. The summed E-state index contributed by atoms with van der Waals surface area (Å²) in [5.41, 5.74) is 6.04. The molecule has 2 aliphatic heterocycles. The number of para-hydroxylation sites is 1. The van der Waals surface area contributed by atoms with Gasteiger partial charge in [-0.15, -0.1) is 0 Å². The first-order valence-corrected chi connectivity index (χ1v) is 13.0. The fourth-order valence-corrected chi connectivity index (χ4v) is 7.75. The first-order chi connectivity index (χ1) is 14.6. The van der Waals surface area contributed by atoms with Crippen molar-refractivity contribution < 1.29 is 13.2 Å². The summed E-state index contributed by atoms with van der Waals surface area (Å²) >= 11 is 1.47. The third-order valence-corrected chi connectivity index (χ3v) is 9.13. The van der Waals surface area contributed by atoms with Crippen molar-refractivity contribution in [2.45, 2.75) is 39.0 Å². The highest BCUT2D eigenvalue weighted by Gasteiger charge is 2.44. The first-order valence-electron chi connectivity index (χ1n) is 10.3. The van der Waals surface area contributed by atoms with Crippen molar-refractivity contribution in [1.82, 2.24) is 0 Å². The lowest BCUT2D eigenvalue weighted by molar-refractivity contribution is -0.114. The summed E-state index contributed by atoms with van der Waals surface area (Å²) in [6.45, 7) is 8.14. The molecule has 4 rings (SSSR count). The lowest BCUT2D eigenvalue weighted by atomic mass is 10.1. The molecule has 1 N–H and O–H groups in total. The van der Waals surface area contributed by atoms with Gasteiger partial charge in [0.2, 0.25) is 5.91 Å². The summed E-state index contributed by atoms with van der Waals surface area (Å²) in [5.74, 6) is 0.0948. The highest BCUT2D eigenvalue weighted by atomic mass is 32.2. The van der Waals surface area contributed by atoms with Crippen LogP contribution in [0.5, 0.6) is 0 Å². The molecule has 31 heavy (non-hydrogen) atoms. The molecular formula is C23H27N3O3S2. The Morgan fingerprint density at radius 1 is 1.06 bits per heavy atom. The number of amidine groups is 1. The van der Waals surface area contributed by atoms with Crippen molar-refractivity contribution in [3.05, 3.63) is 58.7 Å². The number of rotatable bonds is 4. The molecule has 2 heterocycles.